The van der Waals surface area contributed by atoms with Gasteiger partial charge < -0.3 is 15.8 Å². The molecule has 1 aromatic heterocycles. The van der Waals surface area contributed by atoms with Crippen LogP contribution in [0.15, 0.2) is 18.3 Å². The largest absolute Gasteiger partial charge is 0.467 e. The maximum Gasteiger partial charge on any atom is 0.317 e. The highest BCUT2D eigenvalue weighted by Gasteiger charge is 2.26. The van der Waals surface area contributed by atoms with E-state index in [0.717, 1.165) is 12.2 Å². The minimum Gasteiger partial charge on any atom is -0.467 e. The number of nitrogens with one attached hydrogen (secondary N) is 1. The van der Waals surface area contributed by atoms with Crippen LogP contribution in [0, 0.1) is 6.92 Å². The SMILES string of the molecule is Cc1ncccc1OC1CNCCN1C(N)=O. The van der Waals surface area contributed by atoms with Crippen LogP contribution in [0.4, 0.5) is 4.79 Å². The number of aromatic nitrogens is 1. The lowest BCUT2D eigenvalue weighted by atomic mass is 10.3. The van der Waals surface area contributed by atoms with Crippen LogP contribution < -0.4 is 15.8 Å². The normalized spacial score (nSPS) is 20.1. The van der Waals surface area contributed by atoms with Crippen molar-refractivity contribution in [2.24, 2.45) is 5.73 Å². The molecule has 6 heteroatoms. The Morgan fingerprint density at radius 1 is 1.71 bits per heavy atom. The first-order valence-electron chi connectivity index (χ1n) is 5.53. The summed E-state index contributed by atoms with van der Waals surface area (Å²) < 4.78 is 5.76. The number of piperazine rings is 1. The molecule has 1 saturated heterocycles. The average molecular weight is 236 g/mol. The van der Waals surface area contributed by atoms with E-state index in [0.29, 0.717) is 18.8 Å². The number of nitrogens with two attached hydrogens (primary N) is 1. The summed E-state index contributed by atoms with van der Waals surface area (Å²) in [6.45, 7) is 3.71. The molecule has 1 aliphatic heterocycles. The lowest BCUT2D eigenvalue weighted by Crippen LogP contribution is -2.57. The van der Waals surface area contributed by atoms with E-state index in [1.54, 1.807) is 12.3 Å². The molecule has 0 spiro atoms. The number of carbonyl (C=O) groups is 1. The molecule has 1 aromatic rings. The fourth-order valence-electron chi connectivity index (χ4n) is 1.78. The van der Waals surface area contributed by atoms with Crippen LogP contribution in [0.3, 0.4) is 0 Å². The Kier molecular flexibility index (Phi) is 3.43. The standard InChI is InChI=1S/C11H16N4O2/c1-8-9(3-2-4-14-8)17-10-7-13-5-6-15(10)11(12)16/h2-4,10,13H,5-7H2,1H3,(H2,12,16). The second-order valence-electron chi connectivity index (χ2n) is 3.90. The van der Waals surface area contributed by atoms with Crippen LogP contribution >= 0.6 is 0 Å². The van der Waals surface area contributed by atoms with Gasteiger partial charge in [-0.15, -0.1) is 0 Å². The Bertz CT molecular complexity index is 410. The Balaban J connectivity index is 2.11. The summed E-state index contributed by atoms with van der Waals surface area (Å²) in [5.41, 5.74) is 6.11. The van der Waals surface area contributed by atoms with Gasteiger partial charge in [0.1, 0.15) is 5.75 Å². The van der Waals surface area contributed by atoms with E-state index in [-0.39, 0.29) is 6.23 Å². The fraction of sp³-hybridized carbons (Fsp3) is 0.455. The molecular weight excluding hydrogens is 220 g/mol. The second-order valence-corrected chi connectivity index (χ2v) is 3.90. The molecule has 3 N–H and O–H groups in total. The topological polar surface area (TPSA) is 80.5 Å². The monoisotopic (exact) mass is 236 g/mol. The van der Waals surface area contributed by atoms with E-state index in [2.05, 4.69) is 10.3 Å². The van der Waals surface area contributed by atoms with Gasteiger partial charge in [-0.25, -0.2) is 4.79 Å². The zero-order valence-corrected chi connectivity index (χ0v) is 9.72. The van der Waals surface area contributed by atoms with Crippen LogP contribution in [0.5, 0.6) is 5.75 Å². The van der Waals surface area contributed by atoms with E-state index in [9.17, 15) is 4.79 Å². The number of amides is 2. The van der Waals surface area contributed by atoms with Crippen molar-refractivity contribution in [1.82, 2.24) is 15.2 Å². The Morgan fingerprint density at radius 3 is 3.24 bits per heavy atom. The lowest BCUT2D eigenvalue weighted by Gasteiger charge is -2.34. The molecule has 2 heterocycles. The number of carbonyl (C=O) groups excluding carboxylic acids is 1. The maximum absolute atomic E-state index is 11.3. The Morgan fingerprint density at radius 2 is 2.53 bits per heavy atom. The minimum absolute atomic E-state index is 0.371. The molecular formula is C11H16N4O2. The molecule has 2 amide bonds. The molecule has 1 aliphatic rings. The summed E-state index contributed by atoms with van der Waals surface area (Å²) >= 11 is 0. The molecule has 1 unspecified atom stereocenters. The number of nitrogens with zero attached hydrogens (tertiary/aromatic N) is 2. The number of rotatable bonds is 2. The lowest BCUT2D eigenvalue weighted by molar-refractivity contribution is 0.0368. The zero-order chi connectivity index (χ0) is 12.3. The van der Waals surface area contributed by atoms with Gasteiger partial charge >= 0.3 is 6.03 Å². The van der Waals surface area contributed by atoms with Crippen molar-refractivity contribution < 1.29 is 9.53 Å². The van der Waals surface area contributed by atoms with Crippen LogP contribution in [-0.2, 0) is 0 Å². The first-order chi connectivity index (χ1) is 8.18. The predicted molar refractivity (Wildman–Crippen MR) is 62.5 cm³/mol. The van der Waals surface area contributed by atoms with Crippen molar-refractivity contribution in [3.8, 4) is 5.75 Å². The van der Waals surface area contributed by atoms with E-state index < -0.39 is 6.03 Å². The van der Waals surface area contributed by atoms with Gasteiger partial charge in [-0.05, 0) is 19.1 Å². The number of urea groups is 1. The first kappa shape index (κ1) is 11.7. The van der Waals surface area contributed by atoms with Crippen LogP contribution in [0.25, 0.3) is 0 Å². The summed E-state index contributed by atoms with van der Waals surface area (Å²) in [6.07, 6.45) is 1.33. The molecule has 0 saturated carbocycles. The van der Waals surface area contributed by atoms with E-state index in [1.807, 2.05) is 13.0 Å². The average Bonchev–Trinajstić information content (AvgIpc) is 2.32. The minimum atomic E-state index is -0.460. The summed E-state index contributed by atoms with van der Waals surface area (Å²) in [4.78, 5) is 16.9. The van der Waals surface area contributed by atoms with Crippen LogP contribution in [0.1, 0.15) is 5.69 Å². The van der Waals surface area contributed by atoms with Gasteiger partial charge in [0.15, 0.2) is 6.23 Å². The van der Waals surface area contributed by atoms with Gasteiger partial charge in [0.25, 0.3) is 0 Å². The Labute approximate surface area is 99.8 Å². The number of pyridine rings is 1. The van der Waals surface area contributed by atoms with Gasteiger partial charge in [0.2, 0.25) is 0 Å². The smallest absolute Gasteiger partial charge is 0.317 e. The molecule has 0 bridgehead atoms. The maximum atomic E-state index is 11.3. The third kappa shape index (κ3) is 2.65. The molecule has 0 radical (unpaired) electrons. The third-order valence-corrected chi connectivity index (χ3v) is 2.70. The summed E-state index contributed by atoms with van der Waals surface area (Å²) in [6, 6.07) is 3.17. The number of aryl methyl sites for hydroxylation is 1. The van der Waals surface area contributed by atoms with Crippen molar-refractivity contribution in [3.63, 3.8) is 0 Å². The van der Waals surface area contributed by atoms with Crippen molar-refractivity contribution >= 4 is 6.03 Å². The summed E-state index contributed by atoms with van der Waals surface area (Å²) in [7, 11) is 0. The van der Waals surface area contributed by atoms with Crippen molar-refractivity contribution in [1.29, 1.82) is 0 Å². The van der Waals surface area contributed by atoms with E-state index in [4.69, 9.17) is 10.5 Å². The zero-order valence-electron chi connectivity index (χ0n) is 9.72. The van der Waals surface area contributed by atoms with Gasteiger partial charge in [-0.3, -0.25) is 9.88 Å². The number of primary amides is 1. The highest BCUT2D eigenvalue weighted by atomic mass is 16.5. The van der Waals surface area contributed by atoms with Crippen LogP contribution in [0.2, 0.25) is 0 Å². The van der Waals surface area contributed by atoms with Crippen molar-refractivity contribution in [2.45, 2.75) is 13.2 Å². The van der Waals surface area contributed by atoms with E-state index >= 15 is 0 Å². The quantitative estimate of drug-likeness (QED) is 0.762. The van der Waals surface area contributed by atoms with Gasteiger partial charge in [0, 0.05) is 19.3 Å². The van der Waals surface area contributed by atoms with Gasteiger partial charge in [-0.1, -0.05) is 0 Å². The molecule has 1 atom stereocenters. The predicted octanol–water partition coefficient (Wildman–Crippen LogP) is 0.0788. The second kappa shape index (κ2) is 5.01. The third-order valence-electron chi connectivity index (χ3n) is 2.70. The molecule has 0 aromatic carbocycles. The fourth-order valence-corrected chi connectivity index (χ4v) is 1.78. The molecule has 92 valence electrons. The van der Waals surface area contributed by atoms with Crippen molar-refractivity contribution in [2.75, 3.05) is 19.6 Å². The van der Waals surface area contributed by atoms with Crippen molar-refractivity contribution in [3.05, 3.63) is 24.0 Å². The molecule has 2 rings (SSSR count). The Hall–Kier alpha value is -1.82. The number of ether oxygens (including phenoxy) is 1. The van der Waals surface area contributed by atoms with Gasteiger partial charge in [0.05, 0.1) is 12.2 Å². The molecule has 1 fully saturated rings. The summed E-state index contributed by atoms with van der Waals surface area (Å²) in [5.74, 6) is 0.674. The highest BCUT2D eigenvalue weighted by Crippen LogP contribution is 2.17. The number of hydrogen-bond donors (Lipinski definition) is 2. The summed E-state index contributed by atoms with van der Waals surface area (Å²) in [5, 5.41) is 3.16. The first-order valence-corrected chi connectivity index (χ1v) is 5.53. The molecule has 0 aliphatic carbocycles. The van der Waals surface area contributed by atoms with E-state index in [1.165, 1.54) is 4.90 Å². The molecule has 6 nitrogen and oxygen atoms in total. The van der Waals surface area contributed by atoms with Gasteiger partial charge in [-0.2, -0.15) is 0 Å². The van der Waals surface area contributed by atoms with Crippen LogP contribution in [-0.4, -0.2) is 41.8 Å². The molecule has 17 heavy (non-hydrogen) atoms. The highest BCUT2D eigenvalue weighted by molar-refractivity contribution is 5.72. The number of hydrogen-bond acceptors (Lipinski definition) is 4.